The highest BCUT2D eigenvalue weighted by atomic mass is 16.5. The van der Waals surface area contributed by atoms with Crippen LogP contribution < -0.4 is 10.1 Å². The van der Waals surface area contributed by atoms with Crippen molar-refractivity contribution in [2.75, 3.05) is 19.5 Å². The summed E-state index contributed by atoms with van der Waals surface area (Å²) in [6.45, 7) is 0.551. The number of ether oxygens (including phenoxy) is 2. The Balaban J connectivity index is 1.99. The number of aromatic hydroxyl groups is 1. The van der Waals surface area contributed by atoms with Gasteiger partial charge in [-0.2, -0.15) is 0 Å². The SMILES string of the molecule is COC(=O)c1ccc(NCc2ccc(OC)c(O)c2)cc1. The summed E-state index contributed by atoms with van der Waals surface area (Å²) in [7, 11) is 2.86. The van der Waals surface area contributed by atoms with E-state index in [-0.39, 0.29) is 11.7 Å². The Morgan fingerprint density at radius 2 is 1.86 bits per heavy atom. The number of rotatable bonds is 5. The van der Waals surface area contributed by atoms with Gasteiger partial charge in [-0.15, -0.1) is 0 Å². The van der Waals surface area contributed by atoms with Gasteiger partial charge in [-0.1, -0.05) is 6.07 Å². The van der Waals surface area contributed by atoms with Gasteiger partial charge in [0.25, 0.3) is 0 Å². The number of phenolic OH excluding ortho intramolecular Hbond substituents is 1. The van der Waals surface area contributed by atoms with E-state index in [1.165, 1.54) is 14.2 Å². The van der Waals surface area contributed by atoms with E-state index < -0.39 is 0 Å². The van der Waals surface area contributed by atoms with Gasteiger partial charge in [-0.05, 0) is 42.0 Å². The molecule has 0 aliphatic heterocycles. The summed E-state index contributed by atoms with van der Waals surface area (Å²) in [5.41, 5.74) is 2.30. The molecule has 0 bridgehead atoms. The summed E-state index contributed by atoms with van der Waals surface area (Å²) >= 11 is 0. The molecule has 5 nitrogen and oxygen atoms in total. The maximum absolute atomic E-state index is 11.3. The summed E-state index contributed by atoms with van der Waals surface area (Å²) in [4.78, 5) is 11.3. The first-order chi connectivity index (χ1) is 10.1. The van der Waals surface area contributed by atoms with Crippen LogP contribution in [0.25, 0.3) is 0 Å². The molecular formula is C16H17NO4. The minimum Gasteiger partial charge on any atom is -0.504 e. The van der Waals surface area contributed by atoms with Crippen molar-refractivity contribution in [3.63, 3.8) is 0 Å². The largest absolute Gasteiger partial charge is 0.504 e. The van der Waals surface area contributed by atoms with E-state index in [9.17, 15) is 9.90 Å². The van der Waals surface area contributed by atoms with Crippen LogP contribution in [0.1, 0.15) is 15.9 Å². The number of methoxy groups -OCH3 is 2. The molecule has 110 valence electrons. The van der Waals surface area contributed by atoms with Crippen LogP contribution in [0.2, 0.25) is 0 Å². The molecule has 0 spiro atoms. The number of anilines is 1. The Labute approximate surface area is 123 Å². The minimum absolute atomic E-state index is 0.109. The monoisotopic (exact) mass is 287 g/mol. The maximum Gasteiger partial charge on any atom is 0.337 e. The highest BCUT2D eigenvalue weighted by molar-refractivity contribution is 5.89. The van der Waals surface area contributed by atoms with Crippen molar-refractivity contribution < 1.29 is 19.4 Å². The first-order valence-electron chi connectivity index (χ1n) is 6.42. The van der Waals surface area contributed by atoms with E-state index in [0.717, 1.165) is 11.3 Å². The molecule has 0 saturated carbocycles. The molecule has 2 rings (SSSR count). The van der Waals surface area contributed by atoms with Crippen molar-refractivity contribution in [2.45, 2.75) is 6.54 Å². The van der Waals surface area contributed by atoms with Crippen molar-refractivity contribution in [1.82, 2.24) is 0 Å². The lowest BCUT2D eigenvalue weighted by Crippen LogP contribution is -2.02. The Bertz CT molecular complexity index is 623. The quantitative estimate of drug-likeness (QED) is 0.828. The molecule has 0 saturated heterocycles. The summed E-state index contributed by atoms with van der Waals surface area (Å²) in [6, 6.07) is 12.2. The zero-order chi connectivity index (χ0) is 15.2. The van der Waals surface area contributed by atoms with E-state index in [1.54, 1.807) is 36.4 Å². The lowest BCUT2D eigenvalue weighted by molar-refractivity contribution is 0.0601. The molecule has 0 heterocycles. The number of carbonyl (C=O) groups excluding carboxylic acids is 1. The van der Waals surface area contributed by atoms with Crippen molar-refractivity contribution in [2.24, 2.45) is 0 Å². The Hall–Kier alpha value is -2.69. The molecular weight excluding hydrogens is 270 g/mol. The van der Waals surface area contributed by atoms with Crippen molar-refractivity contribution in [3.8, 4) is 11.5 Å². The van der Waals surface area contributed by atoms with Crippen molar-refractivity contribution in [3.05, 3.63) is 53.6 Å². The zero-order valence-corrected chi connectivity index (χ0v) is 11.9. The molecule has 0 fully saturated rings. The van der Waals surface area contributed by atoms with Crippen molar-refractivity contribution >= 4 is 11.7 Å². The molecule has 0 amide bonds. The molecule has 0 aromatic heterocycles. The van der Waals surface area contributed by atoms with Crippen LogP contribution in [-0.2, 0) is 11.3 Å². The molecule has 5 heteroatoms. The van der Waals surface area contributed by atoms with Crippen LogP contribution in [-0.4, -0.2) is 25.3 Å². The van der Waals surface area contributed by atoms with Crippen LogP contribution in [0.3, 0.4) is 0 Å². The molecule has 0 atom stereocenters. The zero-order valence-electron chi connectivity index (χ0n) is 11.9. The summed E-state index contributed by atoms with van der Waals surface area (Å²) in [5, 5.41) is 12.9. The van der Waals surface area contributed by atoms with Gasteiger partial charge in [0.05, 0.1) is 19.8 Å². The fourth-order valence-electron chi connectivity index (χ4n) is 1.89. The van der Waals surface area contributed by atoms with E-state index in [1.807, 2.05) is 6.07 Å². The van der Waals surface area contributed by atoms with Crippen LogP contribution >= 0.6 is 0 Å². The van der Waals surface area contributed by atoms with Gasteiger partial charge >= 0.3 is 5.97 Å². The molecule has 21 heavy (non-hydrogen) atoms. The fraction of sp³-hybridized carbons (Fsp3) is 0.188. The van der Waals surface area contributed by atoms with Gasteiger partial charge in [0.2, 0.25) is 0 Å². The third-order valence-electron chi connectivity index (χ3n) is 3.05. The molecule has 2 aromatic rings. The number of carbonyl (C=O) groups is 1. The molecule has 0 aliphatic rings. The number of phenols is 1. The standard InChI is InChI=1S/C16H17NO4/c1-20-15-8-3-11(9-14(15)18)10-17-13-6-4-12(5-7-13)16(19)21-2/h3-9,17-18H,10H2,1-2H3. The van der Waals surface area contributed by atoms with Crippen LogP contribution in [0.4, 0.5) is 5.69 Å². The minimum atomic E-state index is -0.360. The number of esters is 1. The molecule has 2 N–H and O–H groups in total. The Kier molecular flexibility index (Phi) is 4.66. The average molecular weight is 287 g/mol. The van der Waals surface area contributed by atoms with Crippen LogP contribution in [0, 0.1) is 0 Å². The Morgan fingerprint density at radius 3 is 2.43 bits per heavy atom. The van der Waals surface area contributed by atoms with Gasteiger partial charge in [-0.3, -0.25) is 0 Å². The predicted molar refractivity (Wildman–Crippen MR) is 79.8 cm³/mol. The second kappa shape index (κ2) is 6.65. The predicted octanol–water partition coefficient (Wildman–Crippen LogP) is 2.80. The molecule has 0 radical (unpaired) electrons. The highest BCUT2D eigenvalue weighted by Crippen LogP contribution is 2.26. The lowest BCUT2D eigenvalue weighted by atomic mass is 10.1. The number of hydrogen-bond acceptors (Lipinski definition) is 5. The highest BCUT2D eigenvalue weighted by Gasteiger charge is 2.05. The third-order valence-corrected chi connectivity index (χ3v) is 3.05. The third kappa shape index (κ3) is 3.66. The summed E-state index contributed by atoms with van der Waals surface area (Å²) < 4.78 is 9.64. The van der Waals surface area contributed by atoms with E-state index >= 15 is 0 Å². The van der Waals surface area contributed by atoms with Gasteiger partial charge < -0.3 is 19.9 Å². The fourth-order valence-corrected chi connectivity index (χ4v) is 1.89. The summed E-state index contributed by atoms with van der Waals surface area (Å²) in [5.74, 6) is 0.195. The first-order valence-corrected chi connectivity index (χ1v) is 6.42. The second-order valence-corrected chi connectivity index (χ2v) is 4.43. The van der Waals surface area contributed by atoms with E-state index in [2.05, 4.69) is 10.1 Å². The van der Waals surface area contributed by atoms with Gasteiger partial charge in [0.1, 0.15) is 0 Å². The second-order valence-electron chi connectivity index (χ2n) is 4.43. The van der Waals surface area contributed by atoms with Crippen LogP contribution in [0.15, 0.2) is 42.5 Å². The first kappa shape index (κ1) is 14.7. The molecule has 0 aliphatic carbocycles. The molecule has 0 unspecified atom stereocenters. The van der Waals surface area contributed by atoms with Gasteiger partial charge in [0, 0.05) is 12.2 Å². The normalized spacial score (nSPS) is 10.0. The van der Waals surface area contributed by atoms with Crippen LogP contribution in [0.5, 0.6) is 11.5 Å². The Morgan fingerprint density at radius 1 is 1.14 bits per heavy atom. The number of hydrogen-bond donors (Lipinski definition) is 2. The topological polar surface area (TPSA) is 67.8 Å². The van der Waals surface area contributed by atoms with Gasteiger partial charge in [0.15, 0.2) is 11.5 Å². The van der Waals surface area contributed by atoms with E-state index in [4.69, 9.17) is 4.74 Å². The lowest BCUT2D eigenvalue weighted by Gasteiger charge is -2.09. The molecule has 2 aromatic carbocycles. The maximum atomic E-state index is 11.3. The number of nitrogens with one attached hydrogen (secondary N) is 1. The smallest absolute Gasteiger partial charge is 0.337 e. The van der Waals surface area contributed by atoms with Gasteiger partial charge in [-0.25, -0.2) is 4.79 Å². The average Bonchev–Trinajstić information content (AvgIpc) is 2.52. The number of benzene rings is 2. The summed E-state index contributed by atoms with van der Waals surface area (Å²) in [6.07, 6.45) is 0. The van der Waals surface area contributed by atoms with Crippen molar-refractivity contribution in [1.29, 1.82) is 0 Å². The van der Waals surface area contributed by atoms with E-state index in [0.29, 0.717) is 17.9 Å².